The Morgan fingerprint density at radius 2 is 2.00 bits per heavy atom. The Balaban J connectivity index is 1.82. The fourth-order valence-corrected chi connectivity index (χ4v) is 5.01. The third kappa shape index (κ3) is 4.32. The van der Waals surface area contributed by atoms with Crippen molar-refractivity contribution in [3.8, 4) is 0 Å². The number of rotatable bonds is 5. The van der Waals surface area contributed by atoms with Crippen LogP contribution in [0.1, 0.15) is 43.6 Å². The molecule has 0 aromatic heterocycles. The zero-order valence-electron chi connectivity index (χ0n) is 14.1. The van der Waals surface area contributed by atoms with Gasteiger partial charge in [-0.1, -0.05) is 18.6 Å². The summed E-state index contributed by atoms with van der Waals surface area (Å²) in [5.41, 5.74) is 5.70. The highest BCUT2D eigenvalue weighted by molar-refractivity contribution is 7.91. The maximum Gasteiger partial charge on any atom is 0.404 e. The molecule has 1 aromatic carbocycles. The lowest BCUT2D eigenvalue weighted by Crippen LogP contribution is -2.43. The van der Waals surface area contributed by atoms with Gasteiger partial charge in [-0.3, -0.25) is 0 Å². The Morgan fingerprint density at radius 1 is 1.31 bits per heavy atom. The zero-order valence-corrected chi connectivity index (χ0v) is 15.0. The second-order valence-electron chi connectivity index (χ2n) is 6.56. The number of hydrogen-bond donors (Lipinski definition) is 1. The molecular weight excluding hydrogens is 363 g/mol. The van der Waals surface area contributed by atoms with E-state index in [0.717, 1.165) is 12.8 Å². The van der Waals surface area contributed by atoms with Gasteiger partial charge in [0.2, 0.25) is 5.90 Å². The Hall–Kier alpha value is -2.16. The minimum atomic E-state index is -3.63. The quantitative estimate of drug-likeness (QED) is 0.839. The van der Waals surface area contributed by atoms with E-state index in [1.165, 1.54) is 12.1 Å². The van der Waals surface area contributed by atoms with E-state index >= 15 is 0 Å². The number of ether oxygens (including phenoxy) is 2. The number of primary amides is 1. The Labute approximate surface area is 151 Å². The van der Waals surface area contributed by atoms with Crippen LogP contribution in [0.4, 0.5) is 9.18 Å². The van der Waals surface area contributed by atoms with Gasteiger partial charge < -0.3 is 15.2 Å². The normalized spacial score (nSPS) is 25.3. The molecule has 0 radical (unpaired) electrons. The number of amides is 1. The molecule has 1 aromatic rings. The van der Waals surface area contributed by atoms with Gasteiger partial charge in [-0.2, -0.15) is 0 Å². The summed E-state index contributed by atoms with van der Waals surface area (Å²) in [6, 6.07) is 5.66. The molecule has 2 N–H and O–H groups in total. The molecule has 1 aliphatic heterocycles. The number of fused-ring (bicyclic) bond motifs is 1. The summed E-state index contributed by atoms with van der Waals surface area (Å²) in [5, 5.41) is -0.592. The highest BCUT2D eigenvalue weighted by Crippen LogP contribution is 2.33. The predicted octanol–water partition coefficient (Wildman–Crippen LogP) is 2.46. The van der Waals surface area contributed by atoms with Crippen molar-refractivity contribution in [3.63, 3.8) is 0 Å². The lowest BCUT2D eigenvalue weighted by Gasteiger charge is -2.34. The average molecular weight is 384 g/mol. The van der Waals surface area contributed by atoms with E-state index in [-0.39, 0.29) is 18.9 Å². The summed E-state index contributed by atoms with van der Waals surface area (Å²) < 4.78 is 52.6. The average Bonchev–Trinajstić information content (AvgIpc) is 2.59. The topological polar surface area (TPSA) is 108 Å². The predicted molar refractivity (Wildman–Crippen MR) is 92.8 cm³/mol. The molecule has 0 saturated heterocycles. The van der Waals surface area contributed by atoms with E-state index in [1.54, 1.807) is 12.1 Å². The SMILES string of the molecule is NC(=O)OC[C@H](CC1=NS(=O)(=O)C2CCCCC2O1)c1ccc(F)cc1. The van der Waals surface area contributed by atoms with Crippen LogP contribution < -0.4 is 5.73 Å². The molecule has 3 rings (SSSR count). The number of nitrogens with zero attached hydrogens (tertiary/aromatic N) is 1. The van der Waals surface area contributed by atoms with E-state index in [2.05, 4.69) is 4.40 Å². The second-order valence-corrected chi connectivity index (χ2v) is 8.38. The molecule has 1 amide bonds. The number of nitrogens with two attached hydrogens (primary N) is 1. The summed E-state index contributed by atoms with van der Waals surface area (Å²) in [6.45, 7) is -0.0858. The summed E-state index contributed by atoms with van der Waals surface area (Å²) >= 11 is 0. The van der Waals surface area contributed by atoms with E-state index in [9.17, 15) is 17.6 Å². The molecule has 0 spiro atoms. The molecule has 26 heavy (non-hydrogen) atoms. The minimum absolute atomic E-state index is 0.0858. The van der Waals surface area contributed by atoms with Crippen molar-refractivity contribution in [2.75, 3.05) is 6.61 Å². The number of carbonyl (C=O) groups is 1. The van der Waals surface area contributed by atoms with Crippen LogP contribution in [0.2, 0.25) is 0 Å². The van der Waals surface area contributed by atoms with Crippen LogP contribution in [0.25, 0.3) is 0 Å². The van der Waals surface area contributed by atoms with Crippen LogP contribution in [0.15, 0.2) is 28.7 Å². The molecule has 7 nitrogen and oxygen atoms in total. The van der Waals surface area contributed by atoms with Crippen molar-refractivity contribution in [2.24, 2.45) is 10.1 Å². The van der Waals surface area contributed by atoms with Gasteiger partial charge in [-0.25, -0.2) is 17.6 Å². The molecule has 0 bridgehead atoms. The van der Waals surface area contributed by atoms with Gasteiger partial charge in [-0.15, -0.1) is 4.40 Å². The second kappa shape index (κ2) is 7.61. The molecular formula is C17H21FN2O5S. The number of sulfonamides is 1. The first-order chi connectivity index (χ1) is 12.3. The first-order valence-electron chi connectivity index (χ1n) is 8.52. The number of carbonyl (C=O) groups excluding carboxylic acids is 1. The third-order valence-electron chi connectivity index (χ3n) is 4.73. The Morgan fingerprint density at radius 3 is 2.69 bits per heavy atom. The molecule has 3 atom stereocenters. The number of hydrogen-bond acceptors (Lipinski definition) is 5. The fourth-order valence-electron chi connectivity index (χ4n) is 3.43. The fraction of sp³-hybridized carbons (Fsp3) is 0.529. The molecule has 1 heterocycles. The highest BCUT2D eigenvalue weighted by atomic mass is 32.2. The van der Waals surface area contributed by atoms with Gasteiger partial charge in [0, 0.05) is 12.3 Å². The van der Waals surface area contributed by atoms with Crippen LogP contribution >= 0.6 is 0 Å². The van der Waals surface area contributed by atoms with Gasteiger partial charge in [0.15, 0.2) is 0 Å². The molecule has 1 saturated carbocycles. The first kappa shape index (κ1) is 18.6. The third-order valence-corrected chi connectivity index (χ3v) is 6.49. The monoisotopic (exact) mass is 384 g/mol. The van der Waals surface area contributed by atoms with Crippen molar-refractivity contribution in [1.29, 1.82) is 0 Å². The van der Waals surface area contributed by atoms with Gasteiger partial charge in [-0.05, 0) is 37.0 Å². The number of benzene rings is 1. The van der Waals surface area contributed by atoms with Crippen molar-refractivity contribution in [2.45, 2.75) is 49.4 Å². The van der Waals surface area contributed by atoms with Crippen LogP contribution in [0, 0.1) is 5.82 Å². The van der Waals surface area contributed by atoms with E-state index in [1.807, 2.05) is 0 Å². The van der Waals surface area contributed by atoms with Crippen molar-refractivity contribution < 1.29 is 27.1 Å². The largest absolute Gasteiger partial charge is 0.475 e. The van der Waals surface area contributed by atoms with E-state index < -0.39 is 39.2 Å². The van der Waals surface area contributed by atoms with Crippen molar-refractivity contribution in [1.82, 2.24) is 0 Å². The standard InChI is InChI=1S/C17H21FN2O5S/c18-13-7-5-11(6-8-13)12(10-24-17(19)21)9-16-20-26(22,23)15-4-2-1-3-14(15)25-16/h5-8,12,14-15H,1-4,9-10H2,(H2,19,21)/t12-,14?,15?/m0/s1. The molecule has 9 heteroatoms. The Kier molecular flexibility index (Phi) is 5.45. The van der Waals surface area contributed by atoms with Gasteiger partial charge in [0.1, 0.15) is 23.8 Å². The summed E-state index contributed by atoms with van der Waals surface area (Å²) in [5.74, 6) is -0.755. The van der Waals surface area contributed by atoms with Crippen LogP contribution in [0.3, 0.4) is 0 Å². The van der Waals surface area contributed by atoms with Gasteiger partial charge in [0.05, 0.1) is 0 Å². The maximum atomic E-state index is 13.2. The summed E-state index contributed by atoms with van der Waals surface area (Å²) in [6.07, 6.45) is 1.75. The zero-order chi connectivity index (χ0) is 18.7. The van der Waals surface area contributed by atoms with E-state index in [0.29, 0.717) is 18.4 Å². The lowest BCUT2D eigenvalue weighted by atomic mass is 9.95. The first-order valence-corrected chi connectivity index (χ1v) is 10.0. The van der Waals surface area contributed by atoms with Crippen molar-refractivity contribution in [3.05, 3.63) is 35.6 Å². The van der Waals surface area contributed by atoms with Gasteiger partial charge >= 0.3 is 6.09 Å². The molecule has 2 unspecified atom stereocenters. The molecule has 142 valence electrons. The maximum absolute atomic E-state index is 13.2. The van der Waals surface area contributed by atoms with Crippen LogP contribution in [0.5, 0.6) is 0 Å². The smallest absolute Gasteiger partial charge is 0.404 e. The summed E-state index contributed by atoms with van der Waals surface area (Å²) in [7, 11) is -3.63. The van der Waals surface area contributed by atoms with Crippen LogP contribution in [-0.4, -0.2) is 38.4 Å². The molecule has 1 aliphatic carbocycles. The summed E-state index contributed by atoms with van der Waals surface area (Å²) in [4.78, 5) is 11.0. The minimum Gasteiger partial charge on any atom is -0.475 e. The Bertz CT molecular complexity index is 794. The van der Waals surface area contributed by atoms with E-state index in [4.69, 9.17) is 15.2 Å². The highest BCUT2D eigenvalue weighted by Gasteiger charge is 2.41. The van der Waals surface area contributed by atoms with Crippen LogP contribution in [-0.2, 0) is 19.5 Å². The lowest BCUT2D eigenvalue weighted by molar-refractivity contribution is 0.128. The molecule has 1 fully saturated rings. The van der Waals surface area contributed by atoms with Crippen molar-refractivity contribution >= 4 is 22.0 Å². The van der Waals surface area contributed by atoms with Gasteiger partial charge in [0.25, 0.3) is 10.0 Å². The molecule has 2 aliphatic rings. The number of halogens is 1.